The monoisotopic (exact) mass is 237 g/mol. The van der Waals surface area contributed by atoms with Crippen molar-refractivity contribution in [1.29, 1.82) is 0 Å². The predicted octanol–water partition coefficient (Wildman–Crippen LogP) is 0.502. The first-order chi connectivity index (χ1) is 8.20. The van der Waals surface area contributed by atoms with Crippen LogP contribution in [-0.2, 0) is 11.3 Å². The first-order valence-corrected chi connectivity index (χ1v) is 6.08. The smallest absolute Gasteiger partial charge is 0.244 e. The highest BCUT2D eigenvalue weighted by molar-refractivity contribution is 5.76. The van der Waals surface area contributed by atoms with Crippen molar-refractivity contribution in [3.05, 3.63) is 18.5 Å². The minimum Gasteiger partial charge on any atom is -0.396 e. The van der Waals surface area contributed by atoms with Gasteiger partial charge in [0.25, 0.3) is 0 Å². The lowest BCUT2D eigenvalue weighted by Gasteiger charge is -2.37. The van der Waals surface area contributed by atoms with Crippen LogP contribution in [-0.4, -0.2) is 44.9 Å². The second-order valence-corrected chi connectivity index (χ2v) is 4.72. The number of aromatic nitrogens is 2. The summed E-state index contributed by atoms with van der Waals surface area (Å²) in [7, 11) is 0. The minimum atomic E-state index is 0.0827. The summed E-state index contributed by atoms with van der Waals surface area (Å²) in [4.78, 5) is 14.0. The molecule has 2 heterocycles. The van der Waals surface area contributed by atoms with E-state index < -0.39 is 0 Å². The molecule has 0 aromatic carbocycles. The van der Waals surface area contributed by atoms with E-state index in [0.29, 0.717) is 6.54 Å². The Morgan fingerprint density at radius 2 is 2.35 bits per heavy atom. The highest BCUT2D eigenvalue weighted by Gasteiger charge is 2.28. The average Bonchev–Trinajstić information content (AvgIpc) is 2.82. The number of piperidine rings is 1. The van der Waals surface area contributed by atoms with Gasteiger partial charge in [-0.3, -0.25) is 9.48 Å². The molecule has 2 atom stereocenters. The third-order valence-corrected chi connectivity index (χ3v) is 3.41. The molecule has 2 rings (SSSR count). The number of nitrogens with zero attached hydrogens (tertiary/aromatic N) is 3. The molecule has 0 aliphatic carbocycles. The van der Waals surface area contributed by atoms with Crippen molar-refractivity contribution in [1.82, 2.24) is 14.7 Å². The second kappa shape index (κ2) is 5.31. The Morgan fingerprint density at radius 1 is 1.53 bits per heavy atom. The zero-order chi connectivity index (χ0) is 12.3. The van der Waals surface area contributed by atoms with Crippen LogP contribution < -0.4 is 0 Å². The lowest BCUT2D eigenvalue weighted by atomic mass is 9.94. The fourth-order valence-electron chi connectivity index (χ4n) is 2.30. The molecule has 0 spiro atoms. The van der Waals surface area contributed by atoms with Crippen molar-refractivity contribution in [2.45, 2.75) is 32.4 Å². The number of amides is 1. The van der Waals surface area contributed by atoms with Crippen LogP contribution in [0, 0.1) is 5.92 Å². The molecule has 1 N–H and O–H groups in total. The Balaban J connectivity index is 1.97. The summed E-state index contributed by atoms with van der Waals surface area (Å²) >= 11 is 0. The summed E-state index contributed by atoms with van der Waals surface area (Å²) in [5, 5.41) is 13.2. The maximum atomic E-state index is 12.1. The molecular formula is C12H19N3O2. The number of rotatable bonds is 3. The molecule has 94 valence electrons. The molecule has 0 radical (unpaired) electrons. The maximum Gasteiger partial charge on any atom is 0.244 e. The van der Waals surface area contributed by atoms with E-state index in [4.69, 9.17) is 0 Å². The molecule has 1 aromatic rings. The first-order valence-electron chi connectivity index (χ1n) is 6.08. The average molecular weight is 237 g/mol. The van der Waals surface area contributed by atoms with Crippen molar-refractivity contribution in [2.24, 2.45) is 5.92 Å². The van der Waals surface area contributed by atoms with Crippen molar-refractivity contribution < 1.29 is 9.90 Å². The van der Waals surface area contributed by atoms with Gasteiger partial charge in [0, 0.05) is 31.6 Å². The standard InChI is InChI=1S/C12H19N3O2/c1-10-3-4-11(9-16)7-15(10)12(17)8-14-6-2-5-13-14/h2,5-6,10-11,16H,3-4,7-9H2,1H3. The van der Waals surface area contributed by atoms with Crippen LogP contribution in [0.5, 0.6) is 0 Å². The van der Waals surface area contributed by atoms with Gasteiger partial charge in [-0.15, -0.1) is 0 Å². The van der Waals surface area contributed by atoms with Gasteiger partial charge in [-0.2, -0.15) is 5.10 Å². The van der Waals surface area contributed by atoms with Gasteiger partial charge in [0.2, 0.25) is 5.91 Å². The van der Waals surface area contributed by atoms with Crippen LogP contribution >= 0.6 is 0 Å². The number of hydrogen-bond donors (Lipinski definition) is 1. The summed E-state index contributed by atoms with van der Waals surface area (Å²) in [6.45, 7) is 3.18. The fraction of sp³-hybridized carbons (Fsp3) is 0.667. The second-order valence-electron chi connectivity index (χ2n) is 4.72. The summed E-state index contributed by atoms with van der Waals surface area (Å²) < 4.78 is 1.64. The van der Waals surface area contributed by atoms with E-state index in [0.717, 1.165) is 12.8 Å². The number of aliphatic hydroxyl groups excluding tert-OH is 1. The van der Waals surface area contributed by atoms with Crippen LogP contribution in [0.3, 0.4) is 0 Å². The molecule has 1 amide bonds. The van der Waals surface area contributed by atoms with Gasteiger partial charge in [0.05, 0.1) is 0 Å². The molecule has 1 fully saturated rings. The molecule has 5 nitrogen and oxygen atoms in total. The van der Waals surface area contributed by atoms with E-state index in [1.165, 1.54) is 0 Å². The van der Waals surface area contributed by atoms with Crippen molar-refractivity contribution in [3.63, 3.8) is 0 Å². The Morgan fingerprint density at radius 3 is 3.00 bits per heavy atom. The van der Waals surface area contributed by atoms with E-state index in [1.807, 2.05) is 11.0 Å². The zero-order valence-electron chi connectivity index (χ0n) is 10.1. The molecule has 0 bridgehead atoms. The Hall–Kier alpha value is -1.36. The van der Waals surface area contributed by atoms with Gasteiger partial charge in [0.1, 0.15) is 6.54 Å². The summed E-state index contributed by atoms with van der Waals surface area (Å²) in [5.41, 5.74) is 0. The molecule has 1 aliphatic heterocycles. The number of aliphatic hydroxyl groups is 1. The van der Waals surface area contributed by atoms with E-state index in [9.17, 15) is 9.90 Å². The lowest BCUT2D eigenvalue weighted by molar-refractivity contribution is -0.136. The summed E-state index contributed by atoms with van der Waals surface area (Å²) in [5.74, 6) is 0.312. The summed E-state index contributed by atoms with van der Waals surface area (Å²) in [6.07, 6.45) is 5.43. The highest BCUT2D eigenvalue weighted by atomic mass is 16.3. The normalized spacial score (nSPS) is 24.9. The van der Waals surface area contributed by atoms with E-state index in [-0.39, 0.29) is 31.0 Å². The van der Waals surface area contributed by atoms with Gasteiger partial charge < -0.3 is 10.0 Å². The van der Waals surface area contributed by atoms with Crippen molar-refractivity contribution in [3.8, 4) is 0 Å². The molecule has 1 aromatic heterocycles. The van der Waals surface area contributed by atoms with Gasteiger partial charge in [-0.25, -0.2) is 0 Å². The van der Waals surface area contributed by atoms with Crippen LogP contribution in [0.2, 0.25) is 0 Å². The predicted molar refractivity (Wildman–Crippen MR) is 63.2 cm³/mol. The number of carbonyl (C=O) groups excluding carboxylic acids is 1. The van der Waals surface area contributed by atoms with Crippen LogP contribution in [0.15, 0.2) is 18.5 Å². The van der Waals surface area contributed by atoms with Gasteiger partial charge in [-0.05, 0) is 31.7 Å². The quantitative estimate of drug-likeness (QED) is 0.833. The number of hydrogen-bond acceptors (Lipinski definition) is 3. The number of likely N-dealkylation sites (tertiary alicyclic amines) is 1. The zero-order valence-corrected chi connectivity index (χ0v) is 10.1. The van der Waals surface area contributed by atoms with Gasteiger partial charge >= 0.3 is 0 Å². The maximum absolute atomic E-state index is 12.1. The number of carbonyl (C=O) groups is 1. The molecule has 17 heavy (non-hydrogen) atoms. The Bertz CT molecular complexity index is 364. The molecule has 1 saturated heterocycles. The van der Waals surface area contributed by atoms with Crippen LogP contribution in [0.4, 0.5) is 0 Å². The first kappa shape index (κ1) is 12.1. The topological polar surface area (TPSA) is 58.4 Å². The summed E-state index contributed by atoms with van der Waals surface area (Å²) in [6, 6.07) is 2.07. The van der Waals surface area contributed by atoms with Crippen molar-refractivity contribution in [2.75, 3.05) is 13.2 Å². The van der Waals surface area contributed by atoms with E-state index in [2.05, 4.69) is 12.0 Å². The van der Waals surface area contributed by atoms with E-state index in [1.54, 1.807) is 17.1 Å². The Kier molecular flexibility index (Phi) is 3.78. The Labute approximate surface area is 101 Å². The minimum absolute atomic E-state index is 0.0827. The van der Waals surface area contributed by atoms with Crippen LogP contribution in [0.25, 0.3) is 0 Å². The third kappa shape index (κ3) is 2.85. The largest absolute Gasteiger partial charge is 0.396 e. The molecule has 1 aliphatic rings. The fourth-order valence-corrected chi connectivity index (χ4v) is 2.30. The van der Waals surface area contributed by atoms with Crippen LogP contribution in [0.1, 0.15) is 19.8 Å². The molecule has 2 unspecified atom stereocenters. The van der Waals surface area contributed by atoms with Gasteiger partial charge in [0.15, 0.2) is 0 Å². The van der Waals surface area contributed by atoms with E-state index >= 15 is 0 Å². The SMILES string of the molecule is CC1CCC(CO)CN1C(=O)Cn1cccn1. The highest BCUT2D eigenvalue weighted by Crippen LogP contribution is 2.21. The van der Waals surface area contributed by atoms with Gasteiger partial charge in [-0.1, -0.05) is 0 Å². The molecular weight excluding hydrogens is 218 g/mol. The third-order valence-electron chi connectivity index (χ3n) is 3.41. The van der Waals surface area contributed by atoms with Crippen molar-refractivity contribution >= 4 is 5.91 Å². The molecule has 0 saturated carbocycles. The lowest BCUT2D eigenvalue weighted by Crippen LogP contribution is -2.47. The molecule has 5 heteroatoms.